The van der Waals surface area contributed by atoms with Gasteiger partial charge in [-0.15, -0.1) is 0 Å². The number of hydrogen-bond acceptors (Lipinski definition) is 1. The minimum absolute atomic E-state index is 0.404. The molecule has 1 nitrogen and oxygen atoms in total. The second kappa shape index (κ2) is 2.10. The summed E-state index contributed by atoms with van der Waals surface area (Å²) < 4.78 is 5.18. The van der Waals surface area contributed by atoms with E-state index >= 15 is 0 Å². The van der Waals surface area contributed by atoms with Gasteiger partial charge in [0.1, 0.15) is 6.10 Å². The SMILES string of the molecule is Cc1ccccc1C1CO1. The molecule has 52 valence electrons. The predicted molar refractivity (Wildman–Crippen MR) is 39.9 cm³/mol. The van der Waals surface area contributed by atoms with Crippen molar-refractivity contribution in [1.29, 1.82) is 0 Å². The molecule has 0 amide bonds. The van der Waals surface area contributed by atoms with E-state index in [1.54, 1.807) is 0 Å². The van der Waals surface area contributed by atoms with Crippen molar-refractivity contribution in [3.63, 3.8) is 0 Å². The summed E-state index contributed by atoms with van der Waals surface area (Å²) in [6.45, 7) is 3.03. The summed E-state index contributed by atoms with van der Waals surface area (Å²) in [5, 5.41) is 0. The number of benzene rings is 1. The average Bonchev–Trinajstić information content (AvgIpc) is 2.71. The van der Waals surface area contributed by atoms with Gasteiger partial charge in [0.2, 0.25) is 0 Å². The quantitative estimate of drug-likeness (QED) is 0.535. The van der Waals surface area contributed by atoms with Gasteiger partial charge in [0.05, 0.1) is 6.61 Å². The lowest BCUT2D eigenvalue weighted by atomic mass is 10.1. The Morgan fingerprint density at radius 3 is 2.70 bits per heavy atom. The van der Waals surface area contributed by atoms with Crippen molar-refractivity contribution in [2.45, 2.75) is 13.0 Å². The second-order valence-corrected chi connectivity index (χ2v) is 2.68. The van der Waals surface area contributed by atoms with Crippen molar-refractivity contribution in [1.82, 2.24) is 0 Å². The van der Waals surface area contributed by atoms with E-state index in [0.29, 0.717) is 6.10 Å². The van der Waals surface area contributed by atoms with Crippen LogP contribution in [-0.2, 0) is 4.74 Å². The second-order valence-electron chi connectivity index (χ2n) is 2.68. The summed E-state index contributed by atoms with van der Waals surface area (Å²) >= 11 is 0. The number of aryl methyl sites for hydroxylation is 1. The van der Waals surface area contributed by atoms with Crippen LogP contribution in [0.1, 0.15) is 17.2 Å². The molecule has 1 heteroatoms. The Labute approximate surface area is 60.6 Å². The summed E-state index contributed by atoms with van der Waals surface area (Å²) in [6.07, 6.45) is 0.404. The molecule has 0 N–H and O–H groups in total. The van der Waals surface area contributed by atoms with Crippen LogP contribution < -0.4 is 0 Å². The maximum Gasteiger partial charge on any atom is 0.106 e. The Hall–Kier alpha value is -0.820. The van der Waals surface area contributed by atoms with Crippen molar-refractivity contribution < 1.29 is 4.74 Å². The molecule has 0 saturated carbocycles. The van der Waals surface area contributed by atoms with Crippen LogP contribution in [0, 0.1) is 6.92 Å². The van der Waals surface area contributed by atoms with Crippen molar-refractivity contribution in [2.24, 2.45) is 0 Å². The van der Waals surface area contributed by atoms with Gasteiger partial charge >= 0.3 is 0 Å². The van der Waals surface area contributed by atoms with Crippen LogP contribution >= 0.6 is 0 Å². The summed E-state index contributed by atoms with van der Waals surface area (Å²) in [5.74, 6) is 0. The molecule has 1 saturated heterocycles. The monoisotopic (exact) mass is 134 g/mol. The smallest absolute Gasteiger partial charge is 0.106 e. The molecule has 0 aliphatic carbocycles. The van der Waals surface area contributed by atoms with Crippen molar-refractivity contribution in [3.8, 4) is 0 Å². The summed E-state index contributed by atoms with van der Waals surface area (Å²) in [6, 6.07) is 8.37. The van der Waals surface area contributed by atoms with Gasteiger partial charge in [-0.1, -0.05) is 24.3 Å². The molecular formula is C9H10O. The zero-order valence-electron chi connectivity index (χ0n) is 6.00. The van der Waals surface area contributed by atoms with Crippen LogP contribution in [0.3, 0.4) is 0 Å². The topological polar surface area (TPSA) is 12.5 Å². The minimum Gasteiger partial charge on any atom is -0.368 e. The Kier molecular flexibility index (Phi) is 1.24. The maximum atomic E-state index is 5.18. The van der Waals surface area contributed by atoms with E-state index in [1.807, 2.05) is 0 Å². The summed E-state index contributed by atoms with van der Waals surface area (Å²) in [7, 11) is 0. The van der Waals surface area contributed by atoms with Gasteiger partial charge in [0.15, 0.2) is 0 Å². The zero-order chi connectivity index (χ0) is 6.97. The van der Waals surface area contributed by atoms with Gasteiger partial charge in [0.25, 0.3) is 0 Å². The molecule has 0 radical (unpaired) electrons. The standard InChI is InChI=1S/C9H10O/c1-7-4-2-3-5-8(7)9-6-10-9/h2-5,9H,6H2,1H3. The fourth-order valence-electron chi connectivity index (χ4n) is 1.18. The molecule has 1 aromatic rings. The van der Waals surface area contributed by atoms with E-state index in [2.05, 4.69) is 31.2 Å². The lowest BCUT2D eigenvalue weighted by Gasteiger charge is -1.98. The lowest BCUT2D eigenvalue weighted by Crippen LogP contribution is -1.83. The molecule has 1 unspecified atom stereocenters. The van der Waals surface area contributed by atoms with E-state index in [0.717, 1.165) is 6.61 Å². The van der Waals surface area contributed by atoms with Gasteiger partial charge in [-0.05, 0) is 18.1 Å². The third-order valence-electron chi connectivity index (χ3n) is 1.87. The third-order valence-corrected chi connectivity index (χ3v) is 1.87. The number of ether oxygens (including phenoxy) is 1. The predicted octanol–water partition coefficient (Wildman–Crippen LogP) is 2.07. The number of rotatable bonds is 1. The fraction of sp³-hybridized carbons (Fsp3) is 0.333. The highest BCUT2D eigenvalue weighted by Gasteiger charge is 2.25. The first kappa shape index (κ1) is 5.93. The largest absolute Gasteiger partial charge is 0.368 e. The van der Waals surface area contributed by atoms with Crippen LogP contribution in [-0.4, -0.2) is 6.61 Å². The van der Waals surface area contributed by atoms with E-state index in [1.165, 1.54) is 11.1 Å². The molecule has 0 aromatic heterocycles. The van der Waals surface area contributed by atoms with Gasteiger partial charge in [-0.25, -0.2) is 0 Å². The highest BCUT2D eigenvalue weighted by molar-refractivity contribution is 5.29. The first-order valence-electron chi connectivity index (χ1n) is 3.55. The molecule has 1 heterocycles. The fourth-order valence-corrected chi connectivity index (χ4v) is 1.18. The molecule has 10 heavy (non-hydrogen) atoms. The molecular weight excluding hydrogens is 124 g/mol. The number of epoxide rings is 1. The Morgan fingerprint density at radius 2 is 2.10 bits per heavy atom. The molecule has 1 aromatic carbocycles. The van der Waals surface area contributed by atoms with E-state index in [9.17, 15) is 0 Å². The normalized spacial score (nSPS) is 22.7. The highest BCUT2D eigenvalue weighted by atomic mass is 16.6. The van der Waals surface area contributed by atoms with E-state index < -0.39 is 0 Å². The van der Waals surface area contributed by atoms with Crippen molar-refractivity contribution >= 4 is 0 Å². The third kappa shape index (κ3) is 0.929. The first-order chi connectivity index (χ1) is 4.88. The summed E-state index contributed by atoms with van der Waals surface area (Å²) in [4.78, 5) is 0. The lowest BCUT2D eigenvalue weighted by molar-refractivity contribution is 0.415. The first-order valence-corrected chi connectivity index (χ1v) is 3.55. The Bertz CT molecular complexity index is 238. The molecule has 1 aliphatic heterocycles. The van der Waals surface area contributed by atoms with Crippen LogP contribution in [0.5, 0.6) is 0 Å². The van der Waals surface area contributed by atoms with Crippen molar-refractivity contribution in [2.75, 3.05) is 6.61 Å². The molecule has 0 bridgehead atoms. The van der Waals surface area contributed by atoms with Crippen LogP contribution in [0.25, 0.3) is 0 Å². The molecule has 0 spiro atoms. The zero-order valence-corrected chi connectivity index (χ0v) is 6.00. The van der Waals surface area contributed by atoms with E-state index in [-0.39, 0.29) is 0 Å². The molecule has 2 rings (SSSR count). The van der Waals surface area contributed by atoms with Gasteiger partial charge in [-0.2, -0.15) is 0 Å². The van der Waals surface area contributed by atoms with Gasteiger partial charge in [0, 0.05) is 0 Å². The highest BCUT2D eigenvalue weighted by Crippen LogP contribution is 2.31. The van der Waals surface area contributed by atoms with E-state index in [4.69, 9.17) is 4.74 Å². The molecule has 1 fully saturated rings. The summed E-state index contributed by atoms with van der Waals surface area (Å²) in [5.41, 5.74) is 2.69. The van der Waals surface area contributed by atoms with Gasteiger partial charge in [-0.3, -0.25) is 0 Å². The van der Waals surface area contributed by atoms with Crippen LogP contribution in [0.4, 0.5) is 0 Å². The van der Waals surface area contributed by atoms with Crippen LogP contribution in [0.15, 0.2) is 24.3 Å². The molecule has 1 aliphatic rings. The van der Waals surface area contributed by atoms with Crippen molar-refractivity contribution in [3.05, 3.63) is 35.4 Å². The Morgan fingerprint density at radius 1 is 1.40 bits per heavy atom. The van der Waals surface area contributed by atoms with Gasteiger partial charge < -0.3 is 4.74 Å². The van der Waals surface area contributed by atoms with Crippen LogP contribution in [0.2, 0.25) is 0 Å². The number of hydrogen-bond donors (Lipinski definition) is 0. The average molecular weight is 134 g/mol. The maximum absolute atomic E-state index is 5.18. The Balaban J connectivity index is 2.39. The molecule has 1 atom stereocenters. The minimum atomic E-state index is 0.404.